The Morgan fingerprint density at radius 2 is 0.928 bits per heavy atom. The van der Waals surface area contributed by atoms with Crippen LogP contribution < -0.4 is 20.7 Å². The molecule has 4 aliphatic carbocycles. The molecule has 0 spiro atoms. The third kappa shape index (κ3) is 6.90. The van der Waals surface area contributed by atoms with E-state index in [0.717, 1.165) is 0 Å². The van der Waals surface area contributed by atoms with Crippen LogP contribution in [0.25, 0.3) is 0 Å². The first-order valence-electron chi connectivity index (χ1n) is 27.4. The predicted molar refractivity (Wildman–Crippen MR) is 303 cm³/mol. The summed E-state index contributed by atoms with van der Waals surface area (Å²) in [7, 11) is 0. The molecule has 0 N–H and O–H groups in total. The van der Waals surface area contributed by atoms with Gasteiger partial charge in [-0.3, -0.25) is 0 Å². The molecule has 0 bridgehead atoms. The molecule has 4 aromatic rings. The summed E-state index contributed by atoms with van der Waals surface area (Å²) in [6.07, 6.45) is 9.78. The second-order valence-corrected chi connectivity index (χ2v) is 31.3. The van der Waals surface area contributed by atoms with E-state index in [1.54, 1.807) is 27.7 Å². The number of nitrogens with zero attached hydrogens (tertiary/aromatic N) is 2. The summed E-state index contributed by atoms with van der Waals surface area (Å²) in [6.45, 7) is 50.5. The quantitative estimate of drug-likeness (QED) is 0.185. The summed E-state index contributed by atoms with van der Waals surface area (Å²) in [6, 6.07) is 24.0. The van der Waals surface area contributed by atoms with Crippen LogP contribution in [0, 0.1) is 23.7 Å². The number of anilines is 5. The van der Waals surface area contributed by atoms with E-state index in [-0.39, 0.29) is 55.4 Å². The molecule has 7 aliphatic rings. The van der Waals surface area contributed by atoms with E-state index < -0.39 is 0 Å². The number of aryl methyl sites for hydroxylation is 1. The third-order valence-electron chi connectivity index (χ3n) is 20.5. The van der Waals surface area contributed by atoms with Gasteiger partial charge in [0, 0.05) is 33.7 Å². The monoisotopic (exact) mass is 939 g/mol. The SMILES string of the molecule is Cc1cc2c(cc1N1c3cc4c(cc3B3C5=C(SC6C5C(C)(C)CCC6(C)C)N(c5ccc6c(c5)C(C)(C)CCC6(C)C)c5cc(C(C)(C)C)cc1c53)C(C)(C)CCC4(C)C)C(C)(C)CCC2(C)C. The van der Waals surface area contributed by atoms with Crippen molar-refractivity contribution in [2.45, 2.75) is 233 Å². The highest BCUT2D eigenvalue weighted by Crippen LogP contribution is 2.66. The largest absolute Gasteiger partial charge is 0.311 e. The zero-order valence-corrected chi connectivity index (χ0v) is 47.7. The Morgan fingerprint density at radius 3 is 1.46 bits per heavy atom. The van der Waals surface area contributed by atoms with Crippen molar-refractivity contribution in [1.29, 1.82) is 0 Å². The smallest absolute Gasteiger partial charge is 0.248 e. The maximum atomic E-state index is 2.85. The van der Waals surface area contributed by atoms with Gasteiger partial charge in [-0.2, -0.15) is 0 Å². The van der Waals surface area contributed by atoms with Crippen molar-refractivity contribution in [3.63, 3.8) is 0 Å². The topological polar surface area (TPSA) is 6.48 Å². The molecule has 3 aliphatic heterocycles. The van der Waals surface area contributed by atoms with Crippen LogP contribution in [-0.4, -0.2) is 12.0 Å². The summed E-state index contributed by atoms with van der Waals surface area (Å²) < 4.78 is 0. The van der Waals surface area contributed by atoms with E-state index in [1.807, 2.05) is 0 Å². The number of rotatable bonds is 2. The van der Waals surface area contributed by atoms with Crippen LogP contribution in [0.2, 0.25) is 0 Å². The van der Waals surface area contributed by atoms with Gasteiger partial charge in [-0.05, 0) is 205 Å². The molecule has 4 heteroatoms. The van der Waals surface area contributed by atoms with Crippen LogP contribution in [0.5, 0.6) is 0 Å². The molecule has 0 aromatic heterocycles. The number of hydrogen-bond acceptors (Lipinski definition) is 3. The molecule has 366 valence electrons. The molecule has 2 unspecified atom stereocenters. The van der Waals surface area contributed by atoms with Gasteiger partial charge in [-0.15, -0.1) is 11.8 Å². The van der Waals surface area contributed by atoms with Crippen molar-refractivity contribution >= 4 is 57.8 Å². The van der Waals surface area contributed by atoms with Crippen molar-refractivity contribution in [3.8, 4) is 0 Å². The number of fused-ring (bicyclic) bond motifs is 8. The highest BCUT2D eigenvalue weighted by atomic mass is 32.2. The first-order valence-corrected chi connectivity index (χ1v) is 28.3. The highest BCUT2D eigenvalue weighted by Gasteiger charge is 2.60. The van der Waals surface area contributed by atoms with Gasteiger partial charge in [0.25, 0.3) is 0 Å². The molecular weight excluding hydrogens is 852 g/mol. The van der Waals surface area contributed by atoms with Crippen LogP contribution in [0.1, 0.15) is 227 Å². The van der Waals surface area contributed by atoms with Crippen LogP contribution in [0.3, 0.4) is 0 Å². The van der Waals surface area contributed by atoms with E-state index >= 15 is 0 Å². The molecule has 2 nitrogen and oxygen atoms in total. The van der Waals surface area contributed by atoms with Gasteiger partial charge in [0.1, 0.15) is 0 Å². The number of thioether (sulfide) groups is 1. The Hall–Kier alpha value is -3.37. The van der Waals surface area contributed by atoms with Crippen LogP contribution >= 0.6 is 11.8 Å². The van der Waals surface area contributed by atoms with Crippen molar-refractivity contribution in [1.82, 2.24) is 0 Å². The highest BCUT2D eigenvalue weighted by molar-refractivity contribution is 8.04. The predicted octanol–water partition coefficient (Wildman–Crippen LogP) is 17.2. The van der Waals surface area contributed by atoms with Crippen molar-refractivity contribution in [2.75, 3.05) is 9.80 Å². The Labute approximate surface area is 424 Å². The summed E-state index contributed by atoms with van der Waals surface area (Å²) >= 11 is 2.26. The molecule has 0 saturated heterocycles. The Morgan fingerprint density at radius 1 is 0.478 bits per heavy atom. The van der Waals surface area contributed by atoms with Gasteiger partial charge in [0.2, 0.25) is 6.71 Å². The minimum absolute atomic E-state index is 0.0747. The van der Waals surface area contributed by atoms with Gasteiger partial charge in [-0.1, -0.05) is 155 Å². The normalized spacial score (nSPS) is 26.5. The third-order valence-corrected chi connectivity index (χ3v) is 22.3. The molecule has 4 aromatic carbocycles. The maximum absolute atomic E-state index is 2.85. The number of allylic oxidation sites excluding steroid dienone is 1. The Kier molecular flexibility index (Phi) is 10.0. The van der Waals surface area contributed by atoms with Crippen LogP contribution in [-0.2, 0) is 37.9 Å². The van der Waals surface area contributed by atoms with Crippen molar-refractivity contribution < 1.29 is 0 Å². The van der Waals surface area contributed by atoms with Crippen LogP contribution in [0.4, 0.5) is 28.4 Å². The standard InChI is InChI=1S/C65H87BN2S/c1-38-31-42-45(62(13,14)27-25-59(42,7)8)36-48(38)68-49-37-46-44(61(11,12)26-28-63(46,15)16)35-47(49)66-53-50(32-39(33-51(53)68)57(2,3)4)67(40-21-22-41-43(34-40)60(9,10)24-23-58(41,5)6)56-54(66)52-55(69-56)65(19,20)30-29-64(52,17)18/h21-22,31-37,52,55H,23-30H2,1-20H3. The second kappa shape index (κ2) is 14.4. The van der Waals surface area contributed by atoms with Gasteiger partial charge in [-0.25, -0.2) is 0 Å². The Bertz CT molecular complexity index is 2900. The van der Waals surface area contributed by atoms with Crippen molar-refractivity contribution in [2.24, 2.45) is 16.7 Å². The van der Waals surface area contributed by atoms with E-state index in [9.17, 15) is 0 Å². The average molecular weight is 939 g/mol. The minimum Gasteiger partial charge on any atom is -0.311 e. The van der Waals surface area contributed by atoms with Crippen molar-refractivity contribution in [3.05, 3.63) is 110 Å². The summed E-state index contributed by atoms with van der Waals surface area (Å²) in [4.78, 5) is 5.69. The summed E-state index contributed by atoms with van der Waals surface area (Å²) in [5.74, 6) is 0.443. The first-order chi connectivity index (χ1) is 31.7. The lowest BCUT2D eigenvalue weighted by molar-refractivity contribution is 0.0926. The lowest BCUT2D eigenvalue weighted by Gasteiger charge is -2.52. The molecule has 0 radical (unpaired) electrons. The first kappa shape index (κ1) is 47.9. The second-order valence-electron chi connectivity index (χ2n) is 30.2. The van der Waals surface area contributed by atoms with Gasteiger partial charge in [0.05, 0.1) is 5.03 Å². The minimum atomic E-state index is -0.0747. The molecule has 1 saturated carbocycles. The molecule has 11 rings (SSSR count). The Balaban J connectivity index is 1.30. The molecular formula is C65H87BN2S. The molecule has 69 heavy (non-hydrogen) atoms. The van der Waals surface area contributed by atoms with E-state index in [2.05, 4.69) is 215 Å². The molecule has 2 atom stereocenters. The van der Waals surface area contributed by atoms with Gasteiger partial charge in [0.15, 0.2) is 0 Å². The number of hydrogen-bond donors (Lipinski definition) is 0. The van der Waals surface area contributed by atoms with E-state index in [4.69, 9.17) is 0 Å². The molecule has 3 heterocycles. The number of benzene rings is 4. The zero-order valence-electron chi connectivity index (χ0n) is 46.9. The van der Waals surface area contributed by atoms with Gasteiger partial charge < -0.3 is 9.80 Å². The fourth-order valence-electron chi connectivity index (χ4n) is 15.1. The van der Waals surface area contributed by atoms with Gasteiger partial charge >= 0.3 is 0 Å². The zero-order chi connectivity index (χ0) is 49.9. The summed E-state index contributed by atoms with van der Waals surface area (Å²) in [5.41, 5.74) is 24.7. The summed E-state index contributed by atoms with van der Waals surface area (Å²) in [5, 5.41) is 2.02. The average Bonchev–Trinajstić information content (AvgIpc) is 3.67. The fourth-order valence-corrected chi connectivity index (χ4v) is 17.1. The van der Waals surface area contributed by atoms with E-state index in [1.165, 1.54) is 118 Å². The molecule has 0 amide bonds. The van der Waals surface area contributed by atoms with E-state index in [0.29, 0.717) is 11.2 Å². The maximum Gasteiger partial charge on any atom is 0.248 e. The molecule has 1 fully saturated rings. The lowest BCUT2D eigenvalue weighted by atomic mass is 9.29. The fraction of sp³-hybridized carbons (Fsp3) is 0.600. The van der Waals surface area contributed by atoms with Crippen LogP contribution in [0.15, 0.2) is 65.1 Å². The lowest BCUT2D eigenvalue weighted by Crippen LogP contribution is -2.59.